The van der Waals surface area contributed by atoms with Crippen molar-refractivity contribution in [3.63, 3.8) is 0 Å². The Kier molecular flexibility index (Phi) is 8.66. The molecule has 0 N–H and O–H groups in total. The van der Waals surface area contributed by atoms with Gasteiger partial charge in [-0.2, -0.15) is 0 Å². The lowest BCUT2D eigenvalue weighted by Crippen LogP contribution is -2.32. The van der Waals surface area contributed by atoms with Gasteiger partial charge in [-0.25, -0.2) is 8.78 Å². The predicted molar refractivity (Wildman–Crippen MR) is 91.1 cm³/mol. The van der Waals surface area contributed by atoms with E-state index >= 15 is 0 Å². The highest BCUT2D eigenvalue weighted by molar-refractivity contribution is 14.0. The van der Waals surface area contributed by atoms with Crippen molar-refractivity contribution >= 4 is 24.0 Å². The zero-order valence-corrected chi connectivity index (χ0v) is 14.8. The maximum absolute atomic E-state index is 13.2. The van der Waals surface area contributed by atoms with Gasteiger partial charge >= 0.3 is 0 Å². The van der Waals surface area contributed by atoms with Crippen molar-refractivity contribution in [1.82, 2.24) is 4.90 Å². The Morgan fingerprint density at radius 3 is 2.76 bits per heavy atom. The smallest absolute Gasteiger partial charge is 0.159 e. The molecule has 0 spiro atoms. The van der Waals surface area contributed by atoms with E-state index in [1.807, 2.05) is 0 Å². The third kappa shape index (κ3) is 6.16. The van der Waals surface area contributed by atoms with E-state index in [2.05, 4.69) is 4.90 Å². The third-order valence-electron chi connectivity index (χ3n) is 3.96. The van der Waals surface area contributed by atoms with Crippen LogP contribution < -0.4 is 0 Å². The molecule has 120 valence electrons. The summed E-state index contributed by atoms with van der Waals surface area (Å²) in [6.07, 6.45) is 4.43. The van der Waals surface area contributed by atoms with Gasteiger partial charge in [0.15, 0.2) is 11.6 Å². The zero-order chi connectivity index (χ0) is 14.4. The Hall–Kier alpha value is -0.270. The number of hydrogen-bond donors (Lipinski definition) is 0. The normalized spacial score (nSPS) is 19.9. The second-order valence-corrected chi connectivity index (χ2v) is 5.62. The molecule has 2 rings (SSSR count). The van der Waals surface area contributed by atoms with Gasteiger partial charge in [-0.05, 0) is 49.4 Å². The standard InChI is InChI=1S/C16H23F2NO.HI/c1-20-12-14-4-2-3-8-19(11-14)9-7-13-5-6-15(17)16(18)10-13;/h5-6,10,14H,2-4,7-9,11-12H2,1H3;1H. The first-order valence-electron chi connectivity index (χ1n) is 7.34. The number of ether oxygens (including phenoxy) is 1. The highest BCUT2D eigenvalue weighted by atomic mass is 127. The molecule has 0 saturated carbocycles. The van der Waals surface area contributed by atoms with Gasteiger partial charge in [0.25, 0.3) is 0 Å². The molecule has 1 atom stereocenters. The summed E-state index contributed by atoms with van der Waals surface area (Å²) in [7, 11) is 1.75. The van der Waals surface area contributed by atoms with Crippen molar-refractivity contribution in [2.75, 3.05) is 33.4 Å². The lowest BCUT2D eigenvalue weighted by molar-refractivity contribution is 0.126. The molecule has 1 unspecified atom stereocenters. The first-order valence-corrected chi connectivity index (χ1v) is 7.34. The number of benzene rings is 1. The monoisotopic (exact) mass is 411 g/mol. The van der Waals surface area contributed by atoms with Crippen LogP contribution in [-0.2, 0) is 11.2 Å². The lowest BCUT2D eigenvalue weighted by Gasteiger charge is -2.23. The van der Waals surface area contributed by atoms with E-state index in [4.69, 9.17) is 4.74 Å². The molecule has 1 aliphatic heterocycles. The summed E-state index contributed by atoms with van der Waals surface area (Å²) in [5.41, 5.74) is 0.858. The molecular formula is C16H24F2INO. The quantitative estimate of drug-likeness (QED) is 0.683. The molecule has 1 heterocycles. The molecule has 0 aliphatic carbocycles. The molecule has 0 bridgehead atoms. The number of rotatable bonds is 5. The number of methoxy groups -OCH3 is 1. The molecule has 2 nitrogen and oxygen atoms in total. The summed E-state index contributed by atoms with van der Waals surface area (Å²) in [5, 5.41) is 0. The second-order valence-electron chi connectivity index (χ2n) is 5.62. The first-order chi connectivity index (χ1) is 9.69. The van der Waals surface area contributed by atoms with Crippen LogP contribution in [0, 0.1) is 17.6 Å². The minimum atomic E-state index is -0.774. The molecular weight excluding hydrogens is 387 g/mol. The number of nitrogens with zero attached hydrogens (tertiary/aromatic N) is 1. The Morgan fingerprint density at radius 2 is 2.05 bits per heavy atom. The summed E-state index contributed by atoms with van der Waals surface area (Å²) < 4.78 is 31.3. The summed E-state index contributed by atoms with van der Waals surface area (Å²) in [6.45, 7) is 3.83. The fourth-order valence-corrected chi connectivity index (χ4v) is 2.87. The summed E-state index contributed by atoms with van der Waals surface area (Å²) in [4.78, 5) is 2.41. The molecule has 1 aromatic carbocycles. The van der Waals surface area contributed by atoms with Crippen LogP contribution in [0.5, 0.6) is 0 Å². The van der Waals surface area contributed by atoms with Gasteiger partial charge in [-0.1, -0.05) is 12.5 Å². The fraction of sp³-hybridized carbons (Fsp3) is 0.625. The molecule has 1 aromatic rings. The fourth-order valence-electron chi connectivity index (χ4n) is 2.87. The van der Waals surface area contributed by atoms with Crippen LogP contribution >= 0.6 is 24.0 Å². The predicted octanol–water partition coefficient (Wildman–Crippen LogP) is 3.87. The topological polar surface area (TPSA) is 12.5 Å². The summed E-state index contributed by atoms with van der Waals surface area (Å²) in [6, 6.07) is 4.18. The van der Waals surface area contributed by atoms with Gasteiger partial charge in [-0.3, -0.25) is 0 Å². The molecule has 0 aromatic heterocycles. The van der Waals surface area contributed by atoms with Crippen molar-refractivity contribution in [3.8, 4) is 0 Å². The third-order valence-corrected chi connectivity index (χ3v) is 3.96. The Balaban J connectivity index is 0.00000220. The van der Waals surface area contributed by atoms with Gasteiger partial charge in [0.2, 0.25) is 0 Å². The van der Waals surface area contributed by atoms with Crippen LogP contribution in [0.2, 0.25) is 0 Å². The van der Waals surface area contributed by atoms with Crippen molar-refractivity contribution in [3.05, 3.63) is 35.4 Å². The van der Waals surface area contributed by atoms with Crippen LogP contribution in [0.1, 0.15) is 24.8 Å². The van der Waals surface area contributed by atoms with Crippen molar-refractivity contribution < 1.29 is 13.5 Å². The number of halogens is 3. The first kappa shape index (κ1) is 18.8. The van der Waals surface area contributed by atoms with E-state index in [9.17, 15) is 8.78 Å². The van der Waals surface area contributed by atoms with E-state index in [0.29, 0.717) is 5.92 Å². The highest BCUT2D eigenvalue weighted by Gasteiger charge is 2.17. The number of hydrogen-bond acceptors (Lipinski definition) is 2. The minimum absolute atomic E-state index is 0. The Labute approximate surface area is 142 Å². The van der Waals surface area contributed by atoms with Crippen molar-refractivity contribution in [2.24, 2.45) is 5.92 Å². The maximum Gasteiger partial charge on any atom is 0.159 e. The molecule has 1 aliphatic rings. The minimum Gasteiger partial charge on any atom is -0.384 e. The highest BCUT2D eigenvalue weighted by Crippen LogP contribution is 2.17. The second kappa shape index (κ2) is 9.69. The average Bonchev–Trinajstić information content (AvgIpc) is 2.66. The summed E-state index contributed by atoms with van der Waals surface area (Å²) >= 11 is 0. The van der Waals surface area contributed by atoms with E-state index in [0.717, 1.165) is 38.2 Å². The molecule has 1 saturated heterocycles. The van der Waals surface area contributed by atoms with Gasteiger partial charge in [-0.15, -0.1) is 24.0 Å². The van der Waals surface area contributed by atoms with Crippen LogP contribution in [0.4, 0.5) is 8.78 Å². The van der Waals surface area contributed by atoms with Crippen molar-refractivity contribution in [1.29, 1.82) is 0 Å². The van der Waals surface area contributed by atoms with Gasteiger partial charge < -0.3 is 9.64 Å². The van der Waals surface area contributed by atoms with E-state index in [1.54, 1.807) is 13.2 Å². The van der Waals surface area contributed by atoms with Gasteiger partial charge in [0.05, 0.1) is 6.61 Å². The van der Waals surface area contributed by atoms with Crippen LogP contribution in [0.15, 0.2) is 18.2 Å². The van der Waals surface area contributed by atoms with Crippen LogP contribution in [0.3, 0.4) is 0 Å². The van der Waals surface area contributed by atoms with Crippen molar-refractivity contribution in [2.45, 2.75) is 25.7 Å². The lowest BCUT2D eigenvalue weighted by atomic mass is 10.0. The van der Waals surface area contributed by atoms with Gasteiger partial charge in [0, 0.05) is 20.2 Å². The van der Waals surface area contributed by atoms with Crippen LogP contribution in [0.25, 0.3) is 0 Å². The Bertz CT molecular complexity index is 431. The molecule has 1 fully saturated rings. The van der Waals surface area contributed by atoms with E-state index in [1.165, 1.54) is 31.4 Å². The SMILES string of the molecule is COCC1CCCCN(CCc2ccc(F)c(F)c2)C1.I. The van der Waals surface area contributed by atoms with E-state index < -0.39 is 11.6 Å². The summed E-state index contributed by atoms with van der Waals surface area (Å²) in [5.74, 6) is -0.938. The largest absolute Gasteiger partial charge is 0.384 e. The average molecular weight is 411 g/mol. The molecule has 21 heavy (non-hydrogen) atoms. The van der Waals surface area contributed by atoms with E-state index in [-0.39, 0.29) is 24.0 Å². The maximum atomic E-state index is 13.2. The van der Waals surface area contributed by atoms with Gasteiger partial charge in [0.1, 0.15) is 0 Å². The Morgan fingerprint density at radius 1 is 1.24 bits per heavy atom. The van der Waals surface area contributed by atoms with Crippen LogP contribution in [-0.4, -0.2) is 38.3 Å². The molecule has 5 heteroatoms. The number of likely N-dealkylation sites (tertiary alicyclic amines) is 1. The molecule has 0 radical (unpaired) electrons. The zero-order valence-electron chi connectivity index (χ0n) is 12.5. The molecule has 0 amide bonds.